The lowest BCUT2D eigenvalue weighted by molar-refractivity contribution is 0.0360. The summed E-state index contributed by atoms with van der Waals surface area (Å²) in [7, 11) is 0. The van der Waals surface area contributed by atoms with Gasteiger partial charge in [-0.05, 0) is 32.4 Å². The van der Waals surface area contributed by atoms with Gasteiger partial charge in [0.1, 0.15) is 0 Å². The van der Waals surface area contributed by atoms with E-state index in [1.165, 1.54) is 0 Å². The number of rotatable bonds is 8. The summed E-state index contributed by atoms with van der Waals surface area (Å²) >= 11 is 0. The fourth-order valence-corrected chi connectivity index (χ4v) is 1.89. The zero-order chi connectivity index (χ0) is 15.7. The fourth-order valence-electron chi connectivity index (χ4n) is 1.89. The van der Waals surface area contributed by atoms with Gasteiger partial charge in [0.05, 0.1) is 23.8 Å². The van der Waals surface area contributed by atoms with Crippen molar-refractivity contribution in [2.75, 3.05) is 6.61 Å². The van der Waals surface area contributed by atoms with E-state index >= 15 is 0 Å². The van der Waals surface area contributed by atoms with E-state index in [1.54, 1.807) is 38.1 Å². The molecule has 116 valence electrons. The van der Waals surface area contributed by atoms with E-state index in [-0.39, 0.29) is 17.2 Å². The summed E-state index contributed by atoms with van der Waals surface area (Å²) in [6, 6.07) is 6.58. The van der Waals surface area contributed by atoms with Crippen LogP contribution in [0.1, 0.15) is 67.2 Å². The average molecular weight is 292 g/mol. The van der Waals surface area contributed by atoms with E-state index in [0.29, 0.717) is 6.61 Å². The number of ether oxygens (including phenoxy) is 2. The molecule has 4 nitrogen and oxygen atoms in total. The molecule has 0 bridgehead atoms. The first kappa shape index (κ1) is 17.2. The maximum atomic E-state index is 12.1. The lowest BCUT2D eigenvalue weighted by Gasteiger charge is -2.11. The van der Waals surface area contributed by atoms with E-state index in [2.05, 4.69) is 6.92 Å². The van der Waals surface area contributed by atoms with Crippen LogP contribution in [0.2, 0.25) is 0 Å². The minimum absolute atomic E-state index is 0.226. The van der Waals surface area contributed by atoms with E-state index in [0.717, 1.165) is 25.7 Å². The Morgan fingerprint density at radius 2 is 1.62 bits per heavy atom. The van der Waals surface area contributed by atoms with Crippen LogP contribution < -0.4 is 0 Å². The van der Waals surface area contributed by atoms with Crippen LogP contribution in [0.4, 0.5) is 0 Å². The van der Waals surface area contributed by atoms with Crippen molar-refractivity contribution in [1.82, 2.24) is 0 Å². The molecule has 0 unspecified atom stereocenters. The summed E-state index contributed by atoms with van der Waals surface area (Å²) in [4.78, 5) is 24.0. The SMILES string of the molecule is CCCCCCOC(=O)c1ccccc1C(=O)OC(C)C. The Morgan fingerprint density at radius 1 is 1.00 bits per heavy atom. The van der Waals surface area contributed by atoms with Crippen LogP contribution in [-0.2, 0) is 9.47 Å². The van der Waals surface area contributed by atoms with Gasteiger partial charge in [-0.15, -0.1) is 0 Å². The van der Waals surface area contributed by atoms with Gasteiger partial charge in [-0.25, -0.2) is 9.59 Å². The monoisotopic (exact) mass is 292 g/mol. The number of benzene rings is 1. The molecule has 1 aromatic rings. The molecule has 4 heteroatoms. The Kier molecular flexibility index (Phi) is 7.51. The Hall–Kier alpha value is -1.84. The van der Waals surface area contributed by atoms with Gasteiger partial charge >= 0.3 is 11.9 Å². The highest BCUT2D eigenvalue weighted by molar-refractivity contribution is 6.03. The molecule has 21 heavy (non-hydrogen) atoms. The normalized spacial score (nSPS) is 10.5. The van der Waals surface area contributed by atoms with Gasteiger partial charge in [-0.1, -0.05) is 38.3 Å². The number of carbonyl (C=O) groups is 2. The molecular formula is C17H24O4. The van der Waals surface area contributed by atoms with Gasteiger partial charge < -0.3 is 9.47 Å². The van der Waals surface area contributed by atoms with Crippen LogP contribution in [0.5, 0.6) is 0 Å². The lowest BCUT2D eigenvalue weighted by Crippen LogP contribution is -2.17. The van der Waals surface area contributed by atoms with Crippen molar-refractivity contribution in [1.29, 1.82) is 0 Å². The van der Waals surface area contributed by atoms with E-state index in [1.807, 2.05) is 0 Å². The van der Waals surface area contributed by atoms with Gasteiger partial charge in [0.15, 0.2) is 0 Å². The van der Waals surface area contributed by atoms with E-state index < -0.39 is 11.9 Å². The molecule has 0 spiro atoms. The highest BCUT2D eigenvalue weighted by Gasteiger charge is 2.19. The van der Waals surface area contributed by atoms with Crippen molar-refractivity contribution >= 4 is 11.9 Å². The predicted molar refractivity (Wildman–Crippen MR) is 81.4 cm³/mol. The molecule has 0 saturated heterocycles. The van der Waals surface area contributed by atoms with Crippen LogP contribution in [0.15, 0.2) is 24.3 Å². The minimum Gasteiger partial charge on any atom is -0.462 e. The predicted octanol–water partition coefficient (Wildman–Crippen LogP) is 3.99. The van der Waals surface area contributed by atoms with Crippen LogP contribution >= 0.6 is 0 Å². The van der Waals surface area contributed by atoms with Crippen molar-refractivity contribution in [3.8, 4) is 0 Å². The Labute approximate surface area is 126 Å². The molecule has 0 saturated carbocycles. The van der Waals surface area contributed by atoms with Gasteiger partial charge in [0.2, 0.25) is 0 Å². The maximum absolute atomic E-state index is 12.1. The number of hydrogen-bond acceptors (Lipinski definition) is 4. The first-order valence-electron chi connectivity index (χ1n) is 7.53. The molecule has 0 radical (unpaired) electrons. The second kappa shape index (κ2) is 9.16. The molecule has 0 fully saturated rings. The first-order valence-corrected chi connectivity index (χ1v) is 7.53. The highest BCUT2D eigenvalue weighted by Crippen LogP contribution is 2.13. The Morgan fingerprint density at radius 3 is 2.19 bits per heavy atom. The summed E-state index contributed by atoms with van der Waals surface area (Å²) < 4.78 is 10.4. The van der Waals surface area contributed by atoms with Crippen molar-refractivity contribution < 1.29 is 19.1 Å². The van der Waals surface area contributed by atoms with Crippen molar-refractivity contribution in [3.63, 3.8) is 0 Å². The number of carbonyl (C=O) groups excluding carboxylic acids is 2. The molecule has 0 amide bonds. The third-order valence-electron chi connectivity index (χ3n) is 2.94. The first-order chi connectivity index (χ1) is 10.1. The molecule has 0 heterocycles. The second-order valence-corrected chi connectivity index (χ2v) is 5.20. The maximum Gasteiger partial charge on any atom is 0.339 e. The molecule has 1 rings (SSSR count). The van der Waals surface area contributed by atoms with Crippen LogP contribution in [0, 0.1) is 0 Å². The lowest BCUT2D eigenvalue weighted by atomic mass is 10.1. The molecular weight excluding hydrogens is 268 g/mol. The zero-order valence-electron chi connectivity index (χ0n) is 13.1. The van der Waals surface area contributed by atoms with Gasteiger partial charge in [0, 0.05) is 0 Å². The summed E-state index contributed by atoms with van der Waals surface area (Å²) in [5.41, 5.74) is 0.517. The summed E-state index contributed by atoms with van der Waals surface area (Å²) in [6.45, 7) is 6.05. The largest absolute Gasteiger partial charge is 0.462 e. The minimum atomic E-state index is -0.497. The summed E-state index contributed by atoms with van der Waals surface area (Å²) in [6.07, 6.45) is 3.93. The highest BCUT2D eigenvalue weighted by atomic mass is 16.5. The molecule has 0 atom stereocenters. The van der Waals surface area contributed by atoms with E-state index in [9.17, 15) is 9.59 Å². The molecule has 0 aliphatic rings. The molecule has 0 N–H and O–H groups in total. The molecule has 0 aromatic heterocycles. The fraction of sp³-hybridized carbons (Fsp3) is 0.529. The van der Waals surface area contributed by atoms with Crippen LogP contribution in [-0.4, -0.2) is 24.6 Å². The second-order valence-electron chi connectivity index (χ2n) is 5.20. The topological polar surface area (TPSA) is 52.6 Å². The van der Waals surface area contributed by atoms with Gasteiger partial charge in [0.25, 0.3) is 0 Å². The van der Waals surface area contributed by atoms with Gasteiger partial charge in [-0.2, -0.15) is 0 Å². The van der Waals surface area contributed by atoms with Crippen LogP contribution in [0.25, 0.3) is 0 Å². The van der Waals surface area contributed by atoms with Gasteiger partial charge in [-0.3, -0.25) is 0 Å². The third kappa shape index (κ3) is 5.98. The van der Waals surface area contributed by atoms with E-state index in [4.69, 9.17) is 9.47 Å². The Bertz CT molecular complexity index is 466. The third-order valence-corrected chi connectivity index (χ3v) is 2.94. The smallest absolute Gasteiger partial charge is 0.339 e. The van der Waals surface area contributed by atoms with Crippen molar-refractivity contribution in [2.24, 2.45) is 0 Å². The average Bonchev–Trinajstić information content (AvgIpc) is 2.46. The molecule has 0 aliphatic heterocycles. The van der Waals surface area contributed by atoms with Crippen molar-refractivity contribution in [2.45, 2.75) is 52.6 Å². The van der Waals surface area contributed by atoms with Crippen molar-refractivity contribution in [3.05, 3.63) is 35.4 Å². The standard InChI is InChI=1S/C17H24O4/c1-4-5-6-9-12-20-16(18)14-10-7-8-11-15(14)17(19)21-13(2)3/h7-8,10-11,13H,4-6,9,12H2,1-3H3. The molecule has 0 aliphatic carbocycles. The zero-order valence-corrected chi connectivity index (χ0v) is 13.1. The number of esters is 2. The van der Waals surface area contributed by atoms with Crippen LogP contribution in [0.3, 0.4) is 0 Å². The number of unbranched alkanes of at least 4 members (excludes halogenated alkanes) is 3. The summed E-state index contributed by atoms with van der Waals surface area (Å²) in [5, 5.41) is 0. The summed E-state index contributed by atoms with van der Waals surface area (Å²) in [5.74, 6) is -0.966. The quantitative estimate of drug-likeness (QED) is 0.537. The Balaban J connectivity index is 2.65. The molecule has 1 aromatic carbocycles. The number of hydrogen-bond donors (Lipinski definition) is 0.